The highest BCUT2D eigenvalue weighted by atomic mass is 16.1. The smallest absolute Gasteiger partial charge is 0.220 e. The fourth-order valence-corrected chi connectivity index (χ4v) is 7.54. The summed E-state index contributed by atoms with van der Waals surface area (Å²) in [6.45, 7) is 12.6. The standard InChI is InChI=1S/C40H61NO/c1-6-7-8-9-10-11-12-13-14-15-16-17-18-19-20-21-22-24-38(42)41-32-39(4)29-23-30-40(5)36-27-25-34(33(2)3)31-35(36)26-28-37(39)40/h10-11,13-14,16-17,19-20,25,27,31,33,37H,6-9,12,15,18,21-24,26,28-30,32H2,1-5H3,(H,41,42)/t37-,39-,40+/m0/s1. The molecule has 0 saturated heterocycles. The van der Waals surface area contributed by atoms with Gasteiger partial charge in [0.2, 0.25) is 5.91 Å². The summed E-state index contributed by atoms with van der Waals surface area (Å²) < 4.78 is 0. The maximum absolute atomic E-state index is 12.8. The molecule has 2 aliphatic carbocycles. The maximum Gasteiger partial charge on any atom is 0.220 e. The van der Waals surface area contributed by atoms with Crippen LogP contribution in [0.5, 0.6) is 0 Å². The number of hydrogen-bond acceptors (Lipinski definition) is 1. The number of hydrogen-bond donors (Lipinski definition) is 1. The van der Waals surface area contributed by atoms with Gasteiger partial charge >= 0.3 is 0 Å². The van der Waals surface area contributed by atoms with Crippen molar-refractivity contribution < 1.29 is 4.79 Å². The van der Waals surface area contributed by atoms with Gasteiger partial charge < -0.3 is 5.32 Å². The Kier molecular flexibility index (Phi) is 14.4. The third kappa shape index (κ3) is 10.1. The second kappa shape index (κ2) is 17.7. The Morgan fingerprint density at radius 2 is 1.55 bits per heavy atom. The van der Waals surface area contributed by atoms with Crippen molar-refractivity contribution in [3.63, 3.8) is 0 Å². The third-order valence-corrected chi connectivity index (χ3v) is 10.1. The van der Waals surface area contributed by atoms with E-state index in [-0.39, 0.29) is 16.7 Å². The molecular weight excluding hydrogens is 510 g/mol. The summed E-state index contributed by atoms with van der Waals surface area (Å²) in [5.41, 5.74) is 5.02. The van der Waals surface area contributed by atoms with Gasteiger partial charge in [0.25, 0.3) is 0 Å². The lowest BCUT2D eigenvalue weighted by Gasteiger charge is -2.55. The normalized spacial score (nSPS) is 24.3. The highest BCUT2D eigenvalue weighted by molar-refractivity contribution is 5.75. The van der Waals surface area contributed by atoms with E-state index < -0.39 is 0 Å². The molecule has 0 spiro atoms. The van der Waals surface area contributed by atoms with Crippen LogP contribution in [-0.2, 0) is 16.6 Å². The average molecular weight is 572 g/mol. The molecule has 0 aliphatic heterocycles. The van der Waals surface area contributed by atoms with Crippen LogP contribution in [0.2, 0.25) is 0 Å². The molecule has 232 valence electrons. The molecule has 42 heavy (non-hydrogen) atoms. The van der Waals surface area contributed by atoms with E-state index in [1.807, 2.05) is 0 Å². The molecule has 0 radical (unpaired) electrons. The zero-order valence-electron chi connectivity index (χ0n) is 27.7. The molecule has 3 atom stereocenters. The molecule has 2 aliphatic rings. The van der Waals surface area contributed by atoms with Crippen LogP contribution in [0.25, 0.3) is 0 Å². The summed E-state index contributed by atoms with van der Waals surface area (Å²) in [6.07, 6.45) is 34.9. The highest BCUT2D eigenvalue weighted by Gasteiger charge is 2.51. The van der Waals surface area contributed by atoms with E-state index in [1.54, 1.807) is 11.1 Å². The van der Waals surface area contributed by atoms with Crippen LogP contribution in [-0.4, -0.2) is 12.5 Å². The number of carbonyl (C=O) groups excluding carboxylic acids is 1. The monoisotopic (exact) mass is 571 g/mol. The van der Waals surface area contributed by atoms with E-state index in [0.717, 1.165) is 38.6 Å². The molecular formula is C40H61NO. The summed E-state index contributed by atoms with van der Waals surface area (Å²) >= 11 is 0. The van der Waals surface area contributed by atoms with Crippen LogP contribution in [0.15, 0.2) is 66.8 Å². The molecule has 1 fully saturated rings. The minimum atomic E-state index is 0.170. The van der Waals surface area contributed by atoms with Crippen molar-refractivity contribution in [3.05, 3.63) is 83.5 Å². The Bertz CT molecular complexity index is 1080. The van der Waals surface area contributed by atoms with Gasteiger partial charge in [-0.1, -0.05) is 121 Å². The van der Waals surface area contributed by atoms with Gasteiger partial charge in [-0.05, 0) is 110 Å². The quantitative estimate of drug-likeness (QED) is 0.146. The Labute approximate surface area is 259 Å². The van der Waals surface area contributed by atoms with Crippen LogP contribution in [0.1, 0.15) is 147 Å². The van der Waals surface area contributed by atoms with Crippen LogP contribution in [0, 0.1) is 11.3 Å². The van der Waals surface area contributed by atoms with E-state index >= 15 is 0 Å². The second-order valence-electron chi connectivity index (χ2n) is 13.8. The Morgan fingerprint density at radius 3 is 2.19 bits per heavy atom. The number of amides is 1. The van der Waals surface area contributed by atoms with Crippen molar-refractivity contribution >= 4 is 5.91 Å². The van der Waals surface area contributed by atoms with Crippen molar-refractivity contribution in [2.75, 3.05) is 6.54 Å². The number of fused-ring (bicyclic) bond motifs is 3. The van der Waals surface area contributed by atoms with Gasteiger partial charge in [-0.3, -0.25) is 4.79 Å². The molecule has 1 saturated carbocycles. The Balaban J connectivity index is 1.32. The summed E-state index contributed by atoms with van der Waals surface area (Å²) in [5, 5.41) is 3.36. The molecule has 1 aromatic carbocycles. The molecule has 1 aromatic rings. The molecule has 2 nitrogen and oxygen atoms in total. The fourth-order valence-electron chi connectivity index (χ4n) is 7.54. The summed E-state index contributed by atoms with van der Waals surface area (Å²) in [7, 11) is 0. The molecule has 2 heteroatoms. The number of allylic oxidation sites excluding steroid dienone is 8. The molecule has 1 amide bonds. The van der Waals surface area contributed by atoms with Crippen LogP contribution >= 0.6 is 0 Å². The average Bonchev–Trinajstić information content (AvgIpc) is 2.97. The number of carbonyl (C=O) groups is 1. The summed E-state index contributed by atoms with van der Waals surface area (Å²) in [5.74, 6) is 1.42. The number of unbranched alkanes of at least 4 members (excludes halogenated alkanes) is 4. The zero-order chi connectivity index (χ0) is 30.3. The first-order valence-electron chi connectivity index (χ1n) is 17.3. The number of benzene rings is 1. The molecule has 0 unspecified atom stereocenters. The van der Waals surface area contributed by atoms with Gasteiger partial charge in [-0.2, -0.15) is 0 Å². The predicted molar refractivity (Wildman–Crippen MR) is 183 cm³/mol. The summed E-state index contributed by atoms with van der Waals surface area (Å²) in [4.78, 5) is 12.8. The first-order chi connectivity index (χ1) is 20.3. The third-order valence-electron chi connectivity index (χ3n) is 10.1. The van der Waals surface area contributed by atoms with Crippen LogP contribution in [0.3, 0.4) is 0 Å². The largest absolute Gasteiger partial charge is 0.356 e. The molecule has 1 N–H and O–H groups in total. The van der Waals surface area contributed by atoms with E-state index in [4.69, 9.17) is 0 Å². The van der Waals surface area contributed by atoms with E-state index in [9.17, 15) is 4.79 Å². The van der Waals surface area contributed by atoms with Gasteiger partial charge in [0, 0.05) is 13.0 Å². The molecule has 0 aromatic heterocycles. The van der Waals surface area contributed by atoms with Crippen molar-refractivity contribution in [3.8, 4) is 0 Å². The van der Waals surface area contributed by atoms with Crippen molar-refractivity contribution in [2.45, 2.75) is 142 Å². The zero-order valence-corrected chi connectivity index (χ0v) is 27.7. The topological polar surface area (TPSA) is 29.1 Å². The maximum atomic E-state index is 12.8. The van der Waals surface area contributed by atoms with E-state index in [2.05, 4.69) is 107 Å². The lowest BCUT2D eigenvalue weighted by atomic mass is 9.49. The van der Waals surface area contributed by atoms with Crippen molar-refractivity contribution in [1.82, 2.24) is 5.32 Å². The van der Waals surface area contributed by atoms with Crippen molar-refractivity contribution in [1.29, 1.82) is 0 Å². The Morgan fingerprint density at radius 1 is 0.905 bits per heavy atom. The van der Waals surface area contributed by atoms with Crippen LogP contribution < -0.4 is 5.32 Å². The molecule has 0 bridgehead atoms. The summed E-state index contributed by atoms with van der Waals surface area (Å²) in [6, 6.07) is 7.29. The second-order valence-corrected chi connectivity index (χ2v) is 13.8. The number of aryl methyl sites for hydroxylation is 1. The lowest BCUT2D eigenvalue weighted by Crippen LogP contribution is -2.53. The lowest BCUT2D eigenvalue weighted by molar-refractivity contribution is -0.122. The van der Waals surface area contributed by atoms with E-state index in [1.165, 1.54) is 63.4 Å². The number of rotatable bonds is 17. The van der Waals surface area contributed by atoms with Crippen molar-refractivity contribution in [2.24, 2.45) is 11.3 Å². The van der Waals surface area contributed by atoms with Crippen LogP contribution in [0.4, 0.5) is 0 Å². The minimum absolute atomic E-state index is 0.170. The van der Waals surface area contributed by atoms with Gasteiger partial charge in [-0.15, -0.1) is 0 Å². The fraction of sp³-hybridized carbons (Fsp3) is 0.625. The SMILES string of the molecule is CCCCCC=CCC=CCC=CCC=CCCCC(=O)NC[C@]1(C)CCC[C@]2(C)c3ccc(C(C)C)cc3CC[C@@H]12. The highest BCUT2D eigenvalue weighted by Crippen LogP contribution is 2.57. The van der Waals surface area contributed by atoms with Gasteiger partial charge in [0.15, 0.2) is 0 Å². The molecule has 0 heterocycles. The minimum Gasteiger partial charge on any atom is -0.356 e. The molecule has 3 rings (SSSR count). The first kappa shape index (κ1) is 34.1. The van der Waals surface area contributed by atoms with E-state index in [0.29, 0.717) is 18.3 Å². The Hall–Kier alpha value is -2.35. The van der Waals surface area contributed by atoms with Gasteiger partial charge in [0.05, 0.1) is 0 Å². The first-order valence-corrected chi connectivity index (χ1v) is 17.3. The predicted octanol–water partition coefficient (Wildman–Crippen LogP) is 11.1. The van der Waals surface area contributed by atoms with Gasteiger partial charge in [-0.25, -0.2) is 0 Å². The van der Waals surface area contributed by atoms with Gasteiger partial charge in [0.1, 0.15) is 0 Å². The number of nitrogens with one attached hydrogen (secondary N) is 1.